The minimum Gasteiger partial charge on any atom is -0.369 e. The average molecular weight is 296 g/mol. The molecule has 1 aromatic carbocycles. The van der Waals surface area contributed by atoms with Crippen LogP contribution in [0.4, 0.5) is 5.69 Å². The lowest BCUT2D eigenvalue weighted by Crippen LogP contribution is -2.49. The maximum Gasteiger partial charge on any atom is 0.234 e. The van der Waals surface area contributed by atoms with Gasteiger partial charge in [0.1, 0.15) is 0 Å². The van der Waals surface area contributed by atoms with Gasteiger partial charge in [-0.25, -0.2) is 0 Å². The topological polar surface area (TPSA) is 35.6 Å². The number of carbonyl (C=O) groups excluding carboxylic acids is 1. The van der Waals surface area contributed by atoms with E-state index in [0.29, 0.717) is 13.1 Å². The van der Waals surface area contributed by atoms with Crippen molar-refractivity contribution < 1.29 is 4.79 Å². The van der Waals surface area contributed by atoms with Crippen molar-refractivity contribution in [2.75, 3.05) is 44.2 Å². The molecule has 1 fully saturated rings. The molecule has 0 bridgehead atoms. The Hall–Kier alpha value is -1.52. The predicted octanol–water partition coefficient (Wildman–Crippen LogP) is 1.53. The van der Waals surface area contributed by atoms with Crippen LogP contribution in [0, 0.1) is 0 Å². The molecule has 5 heteroatoms. The lowest BCUT2D eigenvalue weighted by molar-refractivity contribution is -0.122. The number of para-hydroxylation sites is 1. The number of piperazine rings is 1. The molecular weight excluding hydrogens is 274 g/mol. The number of carbonyl (C=O) groups is 1. The SMILES string of the molecule is C=CCNC(=O)CN1CCN(c2ccccc2)CC1.Cl. The summed E-state index contributed by atoms with van der Waals surface area (Å²) in [5, 5.41) is 2.81. The van der Waals surface area contributed by atoms with Crippen molar-refractivity contribution >= 4 is 24.0 Å². The summed E-state index contributed by atoms with van der Waals surface area (Å²) in [6.07, 6.45) is 1.70. The van der Waals surface area contributed by atoms with Crippen LogP contribution < -0.4 is 10.2 Å². The molecular formula is C15H22ClN3O. The highest BCUT2D eigenvalue weighted by Gasteiger charge is 2.18. The molecule has 4 nitrogen and oxygen atoms in total. The lowest BCUT2D eigenvalue weighted by atomic mass is 10.2. The molecule has 20 heavy (non-hydrogen) atoms. The average Bonchev–Trinajstić information content (AvgIpc) is 2.47. The van der Waals surface area contributed by atoms with Crippen LogP contribution in [0.2, 0.25) is 0 Å². The minimum atomic E-state index is 0. The van der Waals surface area contributed by atoms with E-state index in [4.69, 9.17) is 0 Å². The predicted molar refractivity (Wildman–Crippen MR) is 85.5 cm³/mol. The van der Waals surface area contributed by atoms with Gasteiger partial charge in [-0.3, -0.25) is 9.69 Å². The molecule has 0 saturated carbocycles. The molecule has 1 N–H and O–H groups in total. The Morgan fingerprint density at radius 3 is 2.45 bits per heavy atom. The van der Waals surface area contributed by atoms with Crippen molar-refractivity contribution in [1.29, 1.82) is 0 Å². The van der Waals surface area contributed by atoms with Gasteiger partial charge in [-0.1, -0.05) is 24.3 Å². The first-order valence-corrected chi connectivity index (χ1v) is 6.69. The van der Waals surface area contributed by atoms with Gasteiger partial charge in [0.25, 0.3) is 0 Å². The third-order valence-electron chi connectivity index (χ3n) is 3.30. The maximum absolute atomic E-state index is 11.6. The molecule has 1 aromatic rings. The largest absolute Gasteiger partial charge is 0.369 e. The van der Waals surface area contributed by atoms with Crippen LogP contribution in [-0.4, -0.2) is 50.1 Å². The summed E-state index contributed by atoms with van der Waals surface area (Å²) in [6, 6.07) is 10.4. The molecule has 1 amide bonds. The van der Waals surface area contributed by atoms with Gasteiger partial charge in [0.2, 0.25) is 5.91 Å². The summed E-state index contributed by atoms with van der Waals surface area (Å²) in [5.74, 6) is 0.0769. The smallest absolute Gasteiger partial charge is 0.234 e. The molecule has 0 radical (unpaired) electrons. The number of benzene rings is 1. The number of hydrogen-bond acceptors (Lipinski definition) is 3. The van der Waals surface area contributed by atoms with E-state index < -0.39 is 0 Å². The Balaban J connectivity index is 0.00000200. The van der Waals surface area contributed by atoms with Crippen LogP contribution in [0.5, 0.6) is 0 Å². The minimum absolute atomic E-state index is 0. The van der Waals surface area contributed by atoms with E-state index in [1.165, 1.54) is 5.69 Å². The Labute approximate surface area is 126 Å². The Morgan fingerprint density at radius 2 is 1.85 bits per heavy atom. The quantitative estimate of drug-likeness (QED) is 0.837. The first-order valence-electron chi connectivity index (χ1n) is 6.69. The molecule has 2 rings (SSSR count). The zero-order chi connectivity index (χ0) is 13.5. The van der Waals surface area contributed by atoms with E-state index in [9.17, 15) is 4.79 Å². The van der Waals surface area contributed by atoms with Gasteiger partial charge in [-0.05, 0) is 12.1 Å². The number of nitrogens with zero attached hydrogens (tertiary/aromatic N) is 2. The standard InChI is InChI=1S/C15H21N3O.ClH/c1-2-8-16-15(19)13-17-9-11-18(12-10-17)14-6-4-3-5-7-14;/h2-7H,1,8-13H2,(H,16,19);1H. The number of nitrogens with one attached hydrogen (secondary N) is 1. The Kier molecular flexibility index (Phi) is 7.12. The van der Waals surface area contributed by atoms with Gasteiger partial charge in [-0.2, -0.15) is 0 Å². The highest BCUT2D eigenvalue weighted by molar-refractivity contribution is 5.85. The summed E-state index contributed by atoms with van der Waals surface area (Å²) < 4.78 is 0. The number of rotatable bonds is 5. The van der Waals surface area contributed by atoms with E-state index in [2.05, 4.69) is 46.0 Å². The molecule has 0 spiro atoms. The van der Waals surface area contributed by atoms with Crippen LogP contribution in [0.15, 0.2) is 43.0 Å². The number of hydrogen-bond donors (Lipinski definition) is 1. The van der Waals surface area contributed by atoms with Crippen molar-refractivity contribution in [2.45, 2.75) is 0 Å². The molecule has 0 aliphatic carbocycles. The summed E-state index contributed by atoms with van der Waals surface area (Å²) in [7, 11) is 0. The fourth-order valence-corrected chi connectivity index (χ4v) is 2.25. The van der Waals surface area contributed by atoms with E-state index in [1.54, 1.807) is 6.08 Å². The maximum atomic E-state index is 11.6. The Bertz CT molecular complexity index is 416. The molecule has 1 aliphatic heterocycles. The van der Waals surface area contributed by atoms with Crippen LogP contribution in [0.3, 0.4) is 0 Å². The second-order valence-electron chi connectivity index (χ2n) is 4.69. The van der Waals surface area contributed by atoms with Gasteiger partial charge >= 0.3 is 0 Å². The second-order valence-corrected chi connectivity index (χ2v) is 4.69. The van der Waals surface area contributed by atoms with Gasteiger partial charge in [-0.15, -0.1) is 19.0 Å². The number of amides is 1. The lowest BCUT2D eigenvalue weighted by Gasteiger charge is -2.35. The van der Waals surface area contributed by atoms with E-state index in [0.717, 1.165) is 26.2 Å². The van der Waals surface area contributed by atoms with E-state index in [-0.39, 0.29) is 18.3 Å². The van der Waals surface area contributed by atoms with Crippen LogP contribution in [0.25, 0.3) is 0 Å². The first kappa shape index (κ1) is 16.5. The number of halogens is 1. The molecule has 0 unspecified atom stereocenters. The third-order valence-corrected chi connectivity index (χ3v) is 3.30. The first-order chi connectivity index (χ1) is 9.29. The zero-order valence-corrected chi connectivity index (χ0v) is 12.4. The number of anilines is 1. The third kappa shape index (κ3) is 4.87. The van der Waals surface area contributed by atoms with Crippen LogP contribution in [-0.2, 0) is 4.79 Å². The fraction of sp³-hybridized carbons (Fsp3) is 0.400. The van der Waals surface area contributed by atoms with Gasteiger partial charge in [0.05, 0.1) is 6.54 Å². The van der Waals surface area contributed by atoms with Gasteiger partial charge in [0, 0.05) is 38.4 Å². The molecule has 110 valence electrons. The second kappa shape index (κ2) is 8.61. The molecule has 1 saturated heterocycles. The van der Waals surface area contributed by atoms with Gasteiger partial charge in [0.15, 0.2) is 0 Å². The highest BCUT2D eigenvalue weighted by Crippen LogP contribution is 2.15. The van der Waals surface area contributed by atoms with E-state index >= 15 is 0 Å². The fourth-order valence-electron chi connectivity index (χ4n) is 2.25. The van der Waals surface area contributed by atoms with Crippen LogP contribution >= 0.6 is 12.4 Å². The van der Waals surface area contributed by atoms with Crippen molar-refractivity contribution in [2.24, 2.45) is 0 Å². The molecule has 0 atom stereocenters. The summed E-state index contributed by atoms with van der Waals surface area (Å²) in [6.45, 7) is 8.41. The monoisotopic (exact) mass is 295 g/mol. The van der Waals surface area contributed by atoms with Crippen molar-refractivity contribution in [1.82, 2.24) is 10.2 Å². The van der Waals surface area contributed by atoms with Crippen molar-refractivity contribution in [3.05, 3.63) is 43.0 Å². The van der Waals surface area contributed by atoms with Crippen molar-refractivity contribution in [3.63, 3.8) is 0 Å². The molecule has 0 aromatic heterocycles. The van der Waals surface area contributed by atoms with Crippen LogP contribution in [0.1, 0.15) is 0 Å². The summed E-state index contributed by atoms with van der Waals surface area (Å²) in [5.41, 5.74) is 1.26. The van der Waals surface area contributed by atoms with Crippen molar-refractivity contribution in [3.8, 4) is 0 Å². The Morgan fingerprint density at radius 1 is 1.20 bits per heavy atom. The molecule has 1 aliphatic rings. The zero-order valence-electron chi connectivity index (χ0n) is 11.6. The molecule has 1 heterocycles. The summed E-state index contributed by atoms with van der Waals surface area (Å²) in [4.78, 5) is 16.2. The normalized spacial score (nSPS) is 15.3. The highest BCUT2D eigenvalue weighted by atomic mass is 35.5. The van der Waals surface area contributed by atoms with Gasteiger partial charge < -0.3 is 10.2 Å². The summed E-state index contributed by atoms with van der Waals surface area (Å²) >= 11 is 0. The van der Waals surface area contributed by atoms with E-state index in [1.807, 2.05) is 6.07 Å².